The fourth-order valence-corrected chi connectivity index (χ4v) is 3.67. The van der Waals surface area contributed by atoms with Gasteiger partial charge in [0.15, 0.2) is 0 Å². The van der Waals surface area contributed by atoms with E-state index in [9.17, 15) is 22.8 Å². The van der Waals surface area contributed by atoms with Crippen LogP contribution < -0.4 is 10.6 Å². The van der Waals surface area contributed by atoms with Gasteiger partial charge in [-0.15, -0.1) is 0 Å². The average molecular weight is 438 g/mol. The number of pyridine rings is 1. The summed E-state index contributed by atoms with van der Waals surface area (Å²) in [5, 5.41) is 4.96. The zero-order valence-electron chi connectivity index (χ0n) is 16.0. The Morgan fingerprint density at radius 1 is 0.933 bits per heavy atom. The van der Waals surface area contributed by atoms with Gasteiger partial charge in [-0.2, -0.15) is 13.2 Å². The lowest BCUT2D eigenvalue weighted by Crippen LogP contribution is -2.35. The summed E-state index contributed by atoms with van der Waals surface area (Å²) in [5.41, 5.74) is -3.76. The first-order valence-corrected chi connectivity index (χ1v) is 10.3. The summed E-state index contributed by atoms with van der Waals surface area (Å²) in [4.78, 5) is 30.2. The van der Waals surface area contributed by atoms with Crippen molar-refractivity contribution in [3.63, 3.8) is 0 Å². The summed E-state index contributed by atoms with van der Waals surface area (Å²) in [6.45, 7) is 1.45. The first-order chi connectivity index (χ1) is 14.3. The number of amides is 3. The molecular formula is C20H21F3N4O2S. The van der Waals surface area contributed by atoms with Crippen molar-refractivity contribution in [3.8, 4) is 0 Å². The highest BCUT2D eigenvalue weighted by molar-refractivity contribution is 8.00. The monoisotopic (exact) mass is 438 g/mol. The second-order valence-electron chi connectivity index (χ2n) is 6.77. The van der Waals surface area contributed by atoms with E-state index in [0.717, 1.165) is 38.8 Å². The number of hydrogen-bond donors (Lipinski definition) is 2. The summed E-state index contributed by atoms with van der Waals surface area (Å²) >= 11 is -0.434. The van der Waals surface area contributed by atoms with E-state index in [2.05, 4.69) is 15.6 Å². The minimum absolute atomic E-state index is 0.168. The van der Waals surface area contributed by atoms with Crippen molar-refractivity contribution in [2.75, 3.05) is 23.7 Å². The van der Waals surface area contributed by atoms with Crippen LogP contribution in [-0.4, -0.2) is 40.4 Å². The molecule has 3 rings (SSSR count). The van der Waals surface area contributed by atoms with Crippen LogP contribution in [0.25, 0.3) is 0 Å². The Bertz CT molecular complexity index is 882. The number of thioether (sulfide) groups is 1. The molecule has 1 aliphatic rings. The zero-order valence-corrected chi connectivity index (χ0v) is 16.9. The molecule has 0 bridgehead atoms. The van der Waals surface area contributed by atoms with E-state index in [0.29, 0.717) is 11.4 Å². The van der Waals surface area contributed by atoms with Gasteiger partial charge in [0, 0.05) is 42.4 Å². The third kappa shape index (κ3) is 6.38. The number of hydrogen-bond acceptors (Lipinski definition) is 4. The lowest BCUT2D eigenvalue weighted by Gasteiger charge is -2.20. The standard InChI is InChI=1S/C20H21F3N4O2S/c21-20(22,23)30-18-16(6-5-11-24-18)17(28)25-14-7-9-15(10-8-14)26-19(29)27-12-3-1-2-4-13-27/h5-11H,1-4,12-13H2,(H,25,28)(H,26,29). The lowest BCUT2D eigenvalue weighted by molar-refractivity contribution is -0.0329. The molecule has 0 spiro atoms. The topological polar surface area (TPSA) is 74.3 Å². The number of urea groups is 1. The van der Waals surface area contributed by atoms with E-state index < -0.39 is 28.2 Å². The van der Waals surface area contributed by atoms with Gasteiger partial charge in [0.2, 0.25) is 0 Å². The molecule has 1 saturated heterocycles. The SMILES string of the molecule is O=C(Nc1ccc(NC(=O)N2CCCCCC2)cc1)c1cccnc1SC(F)(F)F. The number of carbonyl (C=O) groups is 2. The molecule has 1 aliphatic heterocycles. The number of halogens is 3. The molecule has 2 heterocycles. The highest BCUT2D eigenvalue weighted by atomic mass is 32.2. The molecule has 1 aromatic heterocycles. The Kier molecular flexibility index (Phi) is 7.20. The van der Waals surface area contributed by atoms with Gasteiger partial charge in [-0.05, 0) is 49.2 Å². The molecule has 1 fully saturated rings. The largest absolute Gasteiger partial charge is 0.447 e. The van der Waals surface area contributed by atoms with Gasteiger partial charge in [-0.1, -0.05) is 12.8 Å². The van der Waals surface area contributed by atoms with Crippen molar-refractivity contribution >= 4 is 35.1 Å². The molecular weight excluding hydrogens is 417 g/mol. The number of likely N-dealkylation sites (tertiary alicyclic amines) is 1. The van der Waals surface area contributed by atoms with E-state index in [4.69, 9.17) is 0 Å². The number of alkyl halides is 3. The number of benzene rings is 1. The summed E-state index contributed by atoms with van der Waals surface area (Å²) in [7, 11) is 0. The van der Waals surface area contributed by atoms with Crippen molar-refractivity contribution in [2.24, 2.45) is 0 Å². The molecule has 6 nitrogen and oxygen atoms in total. The highest BCUT2D eigenvalue weighted by Crippen LogP contribution is 2.37. The molecule has 0 saturated carbocycles. The first-order valence-electron chi connectivity index (χ1n) is 9.50. The van der Waals surface area contributed by atoms with Gasteiger partial charge in [-0.3, -0.25) is 4.79 Å². The molecule has 30 heavy (non-hydrogen) atoms. The lowest BCUT2D eigenvalue weighted by atomic mass is 10.2. The molecule has 0 aliphatic carbocycles. The van der Waals surface area contributed by atoms with Gasteiger partial charge >= 0.3 is 11.5 Å². The van der Waals surface area contributed by atoms with Gasteiger partial charge in [0.1, 0.15) is 5.03 Å². The van der Waals surface area contributed by atoms with Crippen LogP contribution in [0.3, 0.4) is 0 Å². The number of anilines is 2. The van der Waals surface area contributed by atoms with E-state index >= 15 is 0 Å². The van der Waals surface area contributed by atoms with E-state index in [-0.39, 0.29) is 11.6 Å². The Morgan fingerprint density at radius 3 is 2.13 bits per heavy atom. The maximum absolute atomic E-state index is 12.7. The van der Waals surface area contributed by atoms with Crippen LogP contribution in [0.2, 0.25) is 0 Å². The predicted molar refractivity (Wildman–Crippen MR) is 110 cm³/mol. The van der Waals surface area contributed by atoms with Crippen LogP contribution in [0.5, 0.6) is 0 Å². The first kappa shape index (κ1) is 21.9. The Labute approximate surface area is 176 Å². The van der Waals surface area contributed by atoms with Gasteiger partial charge < -0.3 is 15.5 Å². The smallest absolute Gasteiger partial charge is 0.325 e. The number of aromatic nitrogens is 1. The van der Waals surface area contributed by atoms with E-state index in [1.807, 2.05) is 0 Å². The second kappa shape index (κ2) is 9.84. The number of rotatable bonds is 4. The minimum atomic E-state index is -4.55. The van der Waals surface area contributed by atoms with Crippen LogP contribution >= 0.6 is 11.8 Å². The second-order valence-corrected chi connectivity index (χ2v) is 7.82. The van der Waals surface area contributed by atoms with Gasteiger partial charge in [-0.25, -0.2) is 9.78 Å². The van der Waals surface area contributed by atoms with Crippen molar-refractivity contribution in [2.45, 2.75) is 36.2 Å². The predicted octanol–water partition coefficient (Wildman–Crippen LogP) is 5.35. The van der Waals surface area contributed by atoms with Crippen LogP contribution in [0.4, 0.5) is 29.3 Å². The zero-order chi connectivity index (χ0) is 21.6. The molecule has 1 aromatic carbocycles. The molecule has 3 amide bonds. The molecule has 160 valence electrons. The van der Waals surface area contributed by atoms with Crippen LogP contribution in [0.1, 0.15) is 36.0 Å². The average Bonchev–Trinajstić information content (AvgIpc) is 2.98. The van der Waals surface area contributed by atoms with Crippen LogP contribution in [0, 0.1) is 0 Å². The number of nitrogens with zero attached hydrogens (tertiary/aromatic N) is 2. The van der Waals surface area contributed by atoms with Crippen LogP contribution in [-0.2, 0) is 0 Å². The highest BCUT2D eigenvalue weighted by Gasteiger charge is 2.32. The molecule has 2 aromatic rings. The maximum atomic E-state index is 12.7. The van der Waals surface area contributed by atoms with Crippen molar-refractivity contribution in [1.29, 1.82) is 0 Å². The minimum Gasteiger partial charge on any atom is -0.325 e. The fraction of sp³-hybridized carbons (Fsp3) is 0.350. The summed E-state index contributed by atoms with van der Waals surface area (Å²) in [6.07, 6.45) is 5.42. The normalized spacial score (nSPS) is 14.7. The molecule has 0 atom stereocenters. The maximum Gasteiger partial charge on any atom is 0.447 e. The summed E-state index contributed by atoms with van der Waals surface area (Å²) < 4.78 is 38.0. The third-order valence-corrected chi connectivity index (χ3v) is 5.27. The van der Waals surface area contributed by atoms with Gasteiger partial charge in [0.25, 0.3) is 5.91 Å². The number of carbonyl (C=O) groups excluding carboxylic acids is 2. The Hall–Kier alpha value is -2.75. The van der Waals surface area contributed by atoms with E-state index in [1.165, 1.54) is 18.3 Å². The van der Waals surface area contributed by atoms with Crippen molar-refractivity contribution in [1.82, 2.24) is 9.88 Å². The summed E-state index contributed by atoms with van der Waals surface area (Å²) in [5.74, 6) is -0.698. The Balaban J connectivity index is 1.62. The fourth-order valence-electron chi connectivity index (χ4n) is 3.07. The number of nitrogens with one attached hydrogen (secondary N) is 2. The van der Waals surface area contributed by atoms with Crippen molar-refractivity contribution in [3.05, 3.63) is 48.2 Å². The molecule has 10 heteroatoms. The quantitative estimate of drug-likeness (QED) is 0.631. The molecule has 0 unspecified atom stereocenters. The molecule has 0 radical (unpaired) electrons. The molecule has 2 N–H and O–H groups in total. The van der Waals surface area contributed by atoms with Gasteiger partial charge in [0.05, 0.1) is 5.56 Å². The van der Waals surface area contributed by atoms with Crippen molar-refractivity contribution < 1.29 is 22.8 Å². The van der Waals surface area contributed by atoms with Crippen LogP contribution in [0.15, 0.2) is 47.6 Å². The third-order valence-electron chi connectivity index (χ3n) is 4.52. The Morgan fingerprint density at radius 2 is 1.53 bits per heavy atom. The summed E-state index contributed by atoms with van der Waals surface area (Å²) in [6, 6.07) is 8.91. The van der Waals surface area contributed by atoms with E-state index in [1.54, 1.807) is 29.2 Å².